The molecule has 0 aliphatic carbocycles. The molecule has 158 valence electrons. The smallest absolute Gasteiger partial charge is 0.293 e. The van der Waals surface area contributed by atoms with Crippen LogP contribution < -0.4 is 15.6 Å². The molecule has 0 bridgehead atoms. The van der Waals surface area contributed by atoms with Crippen LogP contribution in [0.25, 0.3) is 0 Å². The minimum atomic E-state index is -0.409. The molecule has 0 radical (unpaired) electrons. The van der Waals surface area contributed by atoms with Gasteiger partial charge in [0.2, 0.25) is 0 Å². The number of anilines is 2. The number of carbonyl (C=O) groups is 1. The number of rotatable bonds is 7. The number of benzene rings is 2. The van der Waals surface area contributed by atoms with Crippen molar-refractivity contribution in [2.75, 3.05) is 43.1 Å². The Kier molecular flexibility index (Phi) is 6.97. The summed E-state index contributed by atoms with van der Waals surface area (Å²) in [6.45, 7) is 6.41. The number of hydrogen-bond donors (Lipinski definition) is 2. The SMILES string of the molecule is Cc1ccc(NCC(=O)N/N=C/c2ccc(N3CCOCC3)c([N+](=O)[O-])c2)cc1C. The van der Waals surface area contributed by atoms with Gasteiger partial charge < -0.3 is 15.0 Å². The molecule has 0 unspecified atom stereocenters. The number of ether oxygens (including phenoxy) is 1. The van der Waals surface area contributed by atoms with Crippen molar-refractivity contribution in [3.63, 3.8) is 0 Å². The number of aryl methyl sites for hydroxylation is 2. The highest BCUT2D eigenvalue weighted by Crippen LogP contribution is 2.29. The quantitative estimate of drug-likeness (QED) is 0.412. The first-order chi connectivity index (χ1) is 14.4. The van der Waals surface area contributed by atoms with Gasteiger partial charge in [-0.15, -0.1) is 0 Å². The van der Waals surface area contributed by atoms with Crippen molar-refractivity contribution in [1.82, 2.24) is 5.43 Å². The van der Waals surface area contributed by atoms with E-state index in [4.69, 9.17) is 4.74 Å². The van der Waals surface area contributed by atoms with Crippen LogP contribution in [0.4, 0.5) is 17.1 Å². The molecule has 1 amide bonds. The van der Waals surface area contributed by atoms with E-state index in [-0.39, 0.29) is 18.1 Å². The fourth-order valence-electron chi connectivity index (χ4n) is 3.09. The molecule has 9 nitrogen and oxygen atoms in total. The van der Waals surface area contributed by atoms with E-state index in [2.05, 4.69) is 15.8 Å². The third-order valence-corrected chi connectivity index (χ3v) is 4.91. The Hall–Kier alpha value is -3.46. The van der Waals surface area contributed by atoms with Gasteiger partial charge in [-0.05, 0) is 43.2 Å². The van der Waals surface area contributed by atoms with Gasteiger partial charge >= 0.3 is 0 Å². The molecule has 1 saturated heterocycles. The molecule has 1 fully saturated rings. The molecule has 3 rings (SSSR count). The average molecular weight is 411 g/mol. The summed E-state index contributed by atoms with van der Waals surface area (Å²) in [5.41, 5.74) is 6.69. The normalized spacial score (nSPS) is 14.0. The predicted octanol–water partition coefficient (Wildman–Crippen LogP) is 2.61. The number of carbonyl (C=O) groups excluding carboxylic acids is 1. The van der Waals surface area contributed by atoms with E-state index in [0.717, 1.165) is 11.3 Å². The third kappa shape index (κ3) is 5.54. The van der Waals surface area contributed by atoms with Crippen molar-refractivity contribution < 1.29 is 14.5 Å². The molecule has 9 heteroatoms. The molecular formula is C21H25N5O4. The largest absolute Gasteiger partial charge is 0.378 e. The van der Waals surface area contributed by atoms with Crippen molar-refractivity contribution in [1.29, 1.82) is 0 Å². The Labute approximate surface area is 174 Å². The van der Waals surface area contributed by atoms with Crippen molar-refractivity contribution in [3.05, 3.63) is 63.2 Å². The molecule has 1 aliphatic rings. The van der Waals surface area contributed by atoms with E-state index in [9.17, 15) is 14.9 Å². The fraction of sp³-hybridized carbons (Fsp3) is 0.333. The summed E-state index contributed by atoms with van der Waals surface area (Å²) in [7, 11) is 0. The second kappa shape index (κ2) is 9.84. The summed E-state index contributed by atoms with van der Waals surface area (Å²) < 4.78 is 5.30. The number of nitro benzene ring substituents is 1. The average Bonchev–Trinajstić information content (AvgIpc) is 2.75. The van der Waals surface area contributed by atoms with Crippen LogP contribution in [-0.2, 0) is 9.53 Å². The molecule has 30 heavy (non-hydrogen) atoms. The fourth-order valence-corrected chi connectivity index (χ4v) is 3.09. The molecule has 2 aromatic carbocycles. The molecule has 0 spiro atoms. The summed E-state index contributed by atoms with van der Waals surface area (Å²) in [5.74, 6) is -0.316. The van der Waals surface area contributed by atoms with E-state index in [1.807, 2.05) is 36.9 Å². The number of amides is 1. The van der Waals surface area contributed by atoms with E-state index >= 15 is 0 Å². The van der Waals surface area contributed by atoms with Crippen LogP contribution >= 0.6 is 0 Å². The van der Waals surface area contributed by atoms with Gasteiger partial charge in [0.15, 0.2) is 0 Å². The standard InChI is InChI=1S/C21H25N5O4/c1-15-3-5-18(11-16(15)2)22-14-21(27)24-23-13-17-4-6-19(20(12-17)26(28)29)25-7-9-30-10-8-25/h3-6,11-13,22H,7-10,14H2,1-2H3,(H,24,27)/b23-13+. The molecule has 2 aromatic rings. The van der Waals surface area contributed by atoms with Crippen LogP contribution in [0, 0.1) is 24.0 Å². The van der Waals surface area contributed by atoms with Crippen molar-refractivity contribution in [2.24, 2.45) is 5.10 Å². The lowest BCUT2D eigenvalue weighted by atomic mass is 10.1. The Morgan fingerprint density at radius 2 is 1.97 bits per heavy atom. The summed E-state index contributed by atoms with van der Waals surface area (Å²) in [5, 5.41) is 18.4. The van der Waals surface area contributed by atoms with Crippen LogP contribution in [-0.4, -0.2) is 49.9 Å². The van der Waals surface area contributed by atoms with E-state index in [1.165, 1.54) is 17.8 Å². The van der Waals surface area contributed by atoms with Crippen LogP contribution in [0.15, 0.2) is 41.5 Å². The highest BCUT2D eigenvalue weighted by Gasteiger charge is 2.21. The molecule has 1 heterocycles. The maximum Gasteiger partial charge on any atom is 0.293 e. The Morgan fingerprint density at radius 3 is 2.67 bits per heavy atom. The lowest BCUT2D eigenvalue weighted by Gasteiger charge is -2.28. The van der Waals surface area contributed by atoms with Gasteiger partial charge in [0.25, 0.3) is 11.6 Å². The van der Waals surface area contributed by atoms with Crippen LogP contribution in [0.3, 0.4) is 0 Å². The first-order valence-corrected chi connectivity index (χ1v) is 9.68. The van der Waals surface area contributed by atoms with E-state index in [1.54, 1.807) is 12.1 Å². The maximum absolute atomic E-state index is 12.0. The van der Waals surface area contributed by atoms with E-state index in [0.29, 0.717) is 37.6 Å². The molecular weight excluding hydrogens is 386 g/mol. The van der Waals surface area contributed by atoms with Crippen molar-refractivity contribution in [3.8, 4) is 0 Å². The number of hydrogen-bond acceptors (Lipinski definition) is 7. The van der Waals surface area contributed by atoms with E-state index < -0.39 is 4.92 Å². The monoisotopic (exact) mass is 411 g/mol. The molecule has 2 N–H and O–H groups in total. The number of hydrazone groups is 1. The van der Waals surface area contributed by atoms with Crippen molar-refractivity contribution in [2.45, 2.75) is 13.8 Å². The van der Waals surface area contributed by atoms with Crippen molar-refractivity contribution >= 4 is 29.2 Å². The van der Waals surface area contributed by atoms with Gasteiger partial charge in [-0.25, -0.2) is 5.43 Å². The minimum absolute atomic E-state index is 0.00332. The van der Waals surface area contributed by atoms with Gasteiger partial charge in [0, 0.05) is 30.4 Å². The van der Waals surface area contributed by atoms with Crippen LogP contribution in [0.5, 0.6) is 0 Å². The Morgan fingerprint density at radius 1 is 1.20 bits per heavy atom. The Balaban J connectivity index is 1.58. The zero-order valence-electron chi connectivity index (χ0n) is 17.1. The third-order valence-electron chi connectivity index (χ3n) is 4.91. The highest BCUT2D eigenvalue weighted by atomic mass is 16.6. The topological polar surface area (TPSA) is 109 Å². The first-order valence-electron chi connectivity index (χ1n) is 9.68. The first kappa shape index (κ1) is 21.3. The summed E-state index contributed by atoms with van der Waals surface area (Å²) in [6, 6.07) is 10.8. The lowest BCUT2D eigenvalue weighted by Crippen LogP contribution is -2.36. The van der Waals surface area contributed by atoms with Gasteiger partial charge in [0.1, 0.15) is 5.69 Å². The second-order valence-corrected chi connectivity index (χ2v) is 7.05. The second-order valence-electron chi connectivity index (χ2n) is 7.05. The Bertz CT molecular complexity index is 954. The van der Waals surface area contributed by atoms with Gasteiger partial charge in [-0.1, -0.05) is 12.1 Å². The number of nitro groups is 1. The minimum Gasteiger partial charge on any atom is -0.378 e. The predicted molar refractivity (Wildman–Crippen MR) is 116 cm³/mol. The lowest BCUT2D eigenvalue weighted by molar-refractivity contribution is -0.384. The molecule has 0 aromatic heterocycles. The molecule has 0 atom stereocenters. The van der Waals surface area contributed by atoms with Gasteiger partial charge in [-0.3, -0.25) is 14.9 Å². The van der Waals surface area contributed by atoms with Crippen LogP contribution in [0.1, 0.15) is 16.7 Å². The van der Waals surface area contributed by atoms with Gasteiger partial charge in [0.05, 0.1) is 30.9 Å². The summed E-state index contributed by atoms with van der Waals surface area (Å²) in [6.07, 6.45) is 1.39. The highest BCUT2D eigenvalue weighted by molar-refractivity contribution is 5.86. The maximum atomic E-state index is 12.0. The summed E-state index contributed by atoms with van der Waals surface area (Å²) in [4.78, 5) is 25.0. The van der Waals surface area contributed by atoms with Crippen LogP contribution in [0.2, 0.25) is 0 Å². The zero-order chi connectivity index (χ0) is 21.5. The molecule has 1 aliphatic heterocycles. The number of morpholine rings is 1. The number of nitrogens with zero attached hydrogens (tertiary/aromatic N) is 3. The number of nitrogens with one attached hydrogen (secondary N) is 2. The summed E-state index contributed by atoms with van der Waals surface area (Å²) >= 11 is 0. The zero-order valence-corrected chi connectivity index (χ0v) is 17.1. The van der Waals surface area contributed by atoms with Gasteiger partial charge in [-0.2, -0.15) is 5.10 Å². The molecule has 0 saturated carbocycles.